The van der Waals surface area contributed by atoms with Gasteiger partial charge in [-0.3, -0.25) is 0 Å². The molecule has 0 aliphatic heterocycles. The van der Waals surface area contributed by atoms with Crippen molar-refractivity contribution in [2.75, 3.05) is 5.73 Å². The Bertz CT molecular complexity index is 539. The molecule has 0 saturated heterocycles. The second kappa shape index (κ2) is 5.08. The number of benzene rings is 2. The van der Waals surface area contributed by atoms with Crippen molar-refractivity contribution in [1.82, 2.24) is 0 Å². The second-order valence-electron chi connectivity index (χ2n) is 5.63. The average Bonchev–Trinajstić information content (AvgIpc) is 2.49. The van der Waals surface area contributed by atoms with Gasteiger partial charge in [0.1, 0.15) is 0 Å². The lowest BCUT2D eigenvalue weighted by atomic mass is 9.65. The van der Waals surface area contributed by atoms with Gasteiger partial charge in [-0.05, 0) is 36.1 Å². The Labute approximate surface area is 115 Å². The first kappa shape index (κ1) is 12.3. The highest BCUT2D eigenvalue weighted by Gasteiger charge is 2.35. The van der Waals surface area contributed by atoms with Gasteiger partial charge >= 0.3 is 0 Å². The normalized spacial score (nSPS) is 18.1. The molecule has 2 aromatic carbocycles. The van der Waals surface area contributed by atoms with Gasteiger partial charge in [-0.2, -0.15) is 0 Å². The number of nitrogen functional groups attached to an aromatic ring is 1. The lowest BCUT2D eigenvalue weighted by Crippen LogP contribution is -2.30. The summed E-state index contributed by atoms with van der Waals surface area (Å²) in [7, 11) is 0. The summed E-state index contributed by atoms with van der Waals surface area (Å²) in [5, 5.41) is 0. The lowest BCUT2D eigenvalue weighted by Gasteiger charge is -2.38. The minimum atomic E-state index is 0.175. The summed E-state index contributed by atoms with van der Waals surface area (Å²) in [6.45, 7) is 0. The topological polar surface area (TPSA) is 26.0 Å². The average molecular weight is 251 g/mol. The molecular formula is C18H21N. The Balaban J connectivity index is 2.12. The van der Waals surface area contributed by atoms with Crippen LogP contribution in [0.25, 0.3) is 0 Å². The summed E-state index contributed by atoms with van der Waals surface area (Å²) < 4.78 is 0. The molecule has 0 heterocycles. The largest absolute Gasteiger partial charge is 0.399 e. The van der Waals surface area contributed by atoms with Crippen LogP contribution in [0.1, 0.15) is 43.2 Å². The van der Waals surface area contributed by atoms with Crippen LogP contribution < -0.4 is 5.73 Å². The second-order valence-corrected chi connectivity index (χ2v) is 5.63. The van der Waals surface area contributed by atoms with Crippen LogP contribution in [0.3, 0.4) is 0 Å². The molecule has 2 aromatic rings. The highest BCUT2D eigenvalue weighted by atomic mass is 14.5. The molecule has 0 spiro atoms. The van der Waals surface area contributed by atoms with E-state index in [0.717, 1.165) is 5.69 Å². The summed E-state index contributed by atoms with van der Waals surface area (Å²) >= 11 is 0. The van der Waals surface area contributed by atoms with Gasteiger partial charge in [0.05, 0.1) is 0 Å². The predicted molar refractivity (Wildman–Crippen MR) is 81.2 cm³/mol. The van der Waals surface area contributed by atoms with Crippen molar-refractivity contribution in [1.29, 1.82) is 0 Å². The van der Waals surface area contributed by atoms with Crippen LogP contribution in [0.15, 0.2) is 54.6 Å². The number of rotatable bonds is 2. The van der Waals surface area contributed by atoms with Gasteiger partial charge in [-0.25, -0.2) is 0 Å². The van der Waals surface area contributed by atoms with Crippen LogP contribution in [-0.2, 0) is 5.41 Å². The van der Waals surface area contributed by atoms with E-state index in [0.29, 0.717) is 0 Å². The molecule has 0 atom stereocenters. The molecule has 1 nitrogen and oxygen atoms in total. The monoisotopic (exact) mass is 251 g/mol. The molecular weight excluding hydrogens is 230 g/mol. The zero-order valence-electron chi connectivity index (χ0n) is 11.3. The lowest BCUT2D eigenvalue weighted by molar-refractivity contribution is 0.346. The molecule has 0 unspecified atom stereocenters. The predicted octanol–water partition coefficient (Wildman–Crippen LogP) is 4.52. The van der Waals surface area contributed by atoms with Crippen molar-refractivity contribution in [3.63, 3.8) is 0 Å². The molecule has 2 N–H and O–H groups in total. The van der Waals surface area contributed by atoms with E-state index in [1.54, 1.807) is 0 Å². The molecule has 1 aliphatic carbocycles. The van der Waals surface area contributed by atoms with Crippen LogP contribution in [0.4, 0.5) is 5.69 Å². The van der Waals surface area contributed by atoms with Gasteiger partial charge in [0.2, 0.25) is 0 Å². The quantitative estimate of drug-likeness (QED) is 0.780. The summed E-state index contributed by atoms with van der Waals surface area (Å²) in [5.41, 5.74) is 9.88. The Morgan fingerprint density at radius 2 is 1.42 bits per heavy atom. The molecule has 0 aromatic heterocycles. The number of nitrogens with two attached hydrogens (primary N) is 1. The molecule has 0 radical (unpaired) electrons. The van der Waals surface area contributed by atoms with Gasteiger partial charge < -0.3 is 5.73 Å². The molecule has 1 fully saturated rings. The van der Waals surface area contributed by atoms with Gasteiger partial charge in [-0.15, -0.1) is 0 Å². The van der Waals surface area contributed by atoms with E-state index in [-0.39, 0.29) is 5.41 Å². The van der Waals surface area contributed by atoms with E-state index < -0.39 is 0 Å². The van der Waals surface area contributed by atoms with Gasteiger partial charge in [0, 0.05) is 11.1 Å². The first-order valence-electron chi connectivity index (χ1n) is 7.23. The molecule has 3 rings (SSSR count). The van der Waals surface area contributed by atoms with E-state index in [1.165, 1.54) is 43.2 Å². The minimum absolute atomic E-state index is 0.175. The Hall–Kier alpha value is -1.76. The fourth-order valence-corrected chi connectivity index (χ4v) is 3.49. The third-order valence-electron chi connectivity index (χ3n) is 4.47. The van der Waals surface area contributed by atoms with Crippen molar-refractivity contribution in [2.24, 2.45) is 0 Å². The molecule has 1 heteroatoms. The fraction of sp³-hybridized carbons (Fsp3) is 0.333. The van der Waals surface area contributed by atoms with E-state index >= 15 is 0 Å². The maximum atomic E-state index is 6.00. The van der Waals surface area contributed by atoms with Gasteiger partial charge in [-0.1, -0.05) is 61.7 Å². The van der Waals surface area contributed by atoms with E-state index in [2.05, 4.69) is 48.5 Å². The first-order chi connectivity index (χ1) is 9.31. The van der Waals surface area contributed by atoms with Gasteiger partial charge in [0.15, 0.2) is 0 Å². The zero-order chi connectivity index (χ0) is 13.1. The standard InChI is InChI=1S/C18H21N/c19-17-11-7-10-16(14-17)18(12-5-2-6-13-18)15-8-3-1-4-9-15/h1,3-4,7-11,14H,2,5-6,12-13,19H2. The molecule has 1 aliphatic rings. The summed E-state index contributed by atoms with van der Waals surface area (Å²) in [5.74, 6) is 0. The van der Waals surface area contributed by atoms with Gasteiger partial charge in [0.25, 0.3) is 0 Å². The molecule has 1 saturated carbocycles. The maximum absolute atomic E-state index is 6.00. The van der Waals surface area contributed by atoms with E-state index in [9.17, 15) is 0 Å². The van der Waals surface area contributed by atoms with Crippen LogP contribution in [0.5, 0.6) is 0 Å². The Kier molecular flexibility index (Phi) is 3.29. The van der Waals surface area contributed by atoms with Crippen LogP contribution in [-0.4, -0.2) is 0 Å². The maximum Gasteiger partial charge on any atom is 0.0317 e. The smallest absolute Gasteiger partial charge is 0.0317 e. The SMILES string of the molecule is Nc1cccc(C2(c3ccccc3)CCCCC2)c1. The number of anilines is 1. The zero-order valence-corrected chi connectivity index (χ0v) is 11.3. The molecule has 0 bridgehead atoms. The minimum Gasteiger partial charge on any atom is -0.399 e. The fourth-order valence-electron chi connectivity index (χ4n) is 3.49. The van der Waals surface area contributed by atoms with Crippen molar-refractivity contribution in [2.45, 2.75) is 37.5 Å². The highest BCUT2D eigenvalue weighted by molar-refractivity contribution is 5.48. The first-order valence-corrected chi connectivity index (χ1v) is 7.23. The van der Waals surface area contributed by atoms with Crippen molar-refractivity contribution >= 4 is 5.69 Å². The number of hydrogen-bond donors (Lipinski definition) is 1. The van der Waals surface area contributed by atoms with Crippen molar-refractivity contribution in [3.05, 3.63) is 65.7 Å². The van der Waals surface area contributed by atoms with Crippen molar-refractivity contribution in [3.8, 4) is 0 Å². The van der Waals surface area contributed by atoms with Crippen LogP contribution in [0, 0.1) is 0 Å². The number of hydrogen-bond acceptors (Lipinski definition) is 1. The van der Waals surface area contributed by atoms with Crippen LogP contribution >= 0.6 is 0 Å². The van der Waals surface area contributed by atoms with E-state index in [1.807, 2.05) is 6.07 Å². The Morgan fingerprint density at radius 1 is 0.737 bits per heavy atom. The molecule has 98 valence electrons. The highest BCUT2D eigenvalue weighted by Crippen LogP contribution is 2.45. The summed E-state index contributed by atoms with van der Waals surface area (Å²) in [6, 6.07) is 19.4. The Morgan fingerprint density at radius 3 is 2.11 bits per heavy atom. The summed E-state index contributed by atoms with van der Waals surface area (Å²) in [4.78, 5) is 0. The third-order valence-corrected chi connectivity index (χ3v) is 4.47. The van der Waals surface area contributed by atoms with E-state index in [4.69, 9.17) is 5.73 Å². The van der Waals surface area contributed by atoms with Crippen molar-refractivity contribution < 1.29 is 0 Å². The molecule has 19 heavy (non-hydrogen) atoms. The summed E-state index contributed by atoms with van der Waals surface area (Å²) in [6.07, 6.45) is 6.45. The molecule has 0 amide bonds. The van der Waals surface area contributed by atoms with Crippen LogP contribution in [0.2, 0.25) is 0 Å². The third kappa shape index (κ3) is 2.25.